The first kappa shape index (κ1) is 13.4. The molecule has 0 spiro atoms. The van der Waals surface area contributed by atoms with Crippen molar-refractivity contribution in [1.82, 2.24) is 5.32 Å². The van der Waals surface area contributed by atoms with Crippen molar-refractivity contribution in [1.29, 1.82) is 0 Å². The van der Waals surface area contributed by atoms with Crippen LogP contribution in [0.15, 0.2) is 22.7 Å². The van der Waals surface area contributed by atoms with Gasteiger partial charge in [-0.3, -0.25) is 4.79 Å². The molecule has 1 aromatic carbocycles. The summed E-state index contributed by atoms with van der Waals surface area (Å²) in [5.41, 5.74) is 0.330. The summed E-state index contributed by atoms with van der Waals surface area (Å²) in [5, 5.41) is 12.7. The Morgan fingerprint density at radius 2 is 2.11 bits per heavy atom. The highest BCUT2D eigenvalue weighted by Gasteiger charge is 2.31. The molecule has 3 atom stereocenters. The zero-order chi connectivity index (χ0) is 13.3. The third-order valence-electron chi connectivity index (χ3n) is 3.98. The van der Waals surface area contributed by atoms with Gasteiger partial charge >= 0.3 is 0 Å². The fraction of sp³-hybridized carbons (Fsp3) is 0.500. The fourth-order valence-electron chi connectivity index (χ4n) is 2.50. The van der Waals surface area contributed by atoms with Gasteiger partial charge in [0, 0.05) is 10.5 Å². The van der Waals surface area contributed by atoms with Gasteiger partial charge in [-0.2, -0.15) is 0 Å². The smallest absolute Gasteiger partial charge is 0.255 e. The van der Waals surface area contributed by atoms with Gasteiger partial charge in [-0.1, -0.05) is 29.8 Å². The van der Waals surface area contributed by atoms with Gasteiger partial charge in [0.2, 0.25) is 0 Å². The molecular weight excluding hydrogens is 294 g/mol. The van der Waals surface area contributed by atoms with E-state index in [1.54, 1.807) is 12.1 Å². The molecule has 4 heteroatoms. The van der Waals surface area contributed by atoms with E-state index in [4.69, 9.17) is 0 Å². The lowest BCUT2D eigenvalue weighted by molar-refractivity contribution is 0.0924. The Balaban J connectivity index is 2.10. The second-order valence-electron chi connectivity index (χ2n) is 5.16. The second kappa shape index (κ2) is 5.31. The maximum absolute atomic E-state index is 12.1. The van der Waals surface area contributed by atoms with Crippen LogP contribution in [-0.2, 0) is 0 Å². The standard InChI is InChI=1S/C14H18BrNO2/c1-8-3-5-12(9(8)2)16-14(18)11-7-10(15)4-6-13(11)17/h4,6-9,12,17H,3,5H2,1-2H3,(H,16,18). The van der Waals surface area contributed by atoms with Gasteiger partial charge < -0.3 is 10.4 Å². The number of halogens is 1. The molecule has 1 saturated carbocycles. The Hall–Kier alpha value is -1.03. The SMILES string of the molecule is CC1CCC(NC(=O)c2cc(Br)ccc2O)C1C. The van der Waals surface area contributed by atoms with Crippen molar-refractivity contribution in [2.45, 2.75) is 32.7 Å². The van der Waals surface area contributed by atoms with Crippen LogP contribution in [0.3, 0.4) is 0 Å². The minimum absolute atomic E-state index is 0.0226. The number of nitrogens with one attached hydrogen (secondary N) is 1. The third-order valence-corrected chi connectivity index (χ3v) is 4.48. The van der Waals surface area contributed by atoms with Gasteiger partial charge in [-0.25, -0.2) is 0 Å². The maximum atomic E-state index is 12.1. The number of amides is 1. The van der Waals surface area contributed by atoms with Crippen molar-refractivity contribution < 1.29 is 9.90 Å². The lowest BCUT2D eigenvalue weighted by Gasteiger charge is -2.20. The van der Waals surface area contributed by atoms with E-state index < -0.39 is 0 Å². The lowest BCUT2D eigenvalue weighted by atomic mass is 9.97. The Bertz CT molecular complexity index is 461. The van der Waals surface area contributed by atoms with E-state index in [9.17, 15) is 9.90 Å². The lowest BCUT2D eigenvalue weighted by Crippen LogP contribution is -2.37. The molecule has 3 unspecified atom stereocenters. The average Bonchev–Trinajstić information content (AvgIpc) is 2.64. The summed E-state index contributed by atoms with van der Waals surface area (Å²) < 4.78 is 0.790. The third kappa shape index (κ3) is 2.69. The summed E-state index contributed by atoms with van der Waals surface area (Å²) in [6.07, 6.45) is 2.17. The van der Waals surface area contributed by atoms with E-state index in [1.807, 2.05) is 0 Å². The maximum Gasteiger partial charge on any atom is 0.255 e. The second-order valence-corrected chi connectivity index (χ2v) is 6.07. The van der Waals surface area contributed by atoms with Crippen LogP contribution < -0.4 is 5.32 Å². The molecule has 2 rings (SSSR count). The Labute approximate surface area is 116 Å². The quantitative estimate of drug-likeness (QED) is 0.880. The fourth-order valence-corrected chi connectivity index (χ4v) is 2.87. The zero-order valence-corrected chi connectivity index (χ0v) is 12.2. The van der Waals surface area contributed by atoms with E-state index in [1.165, 1.54) is 6.07 Å². The summed E-state index contributed by atoms with van der Waals surface area (Å²) in [6, 6.07) is 5.10. The van der Waals surface area contributed by atoms with E-state index in [2.05, 4.69) is 35.1 Å². The molecular formula is C14H18BrNO2. The first-order chi connectivity index (χ1) is 8.49. The Kier molecular flexibility index (Phi) is 3.95. The van der Waals surface area contributed by atoms with Crippen LogP contribution in [0.4, 0.5) is 0 Å². The number of hydrogen-bond donors (Lipinski definition) is 2. The molecule has 18 heavy (non-hydrogen) atoms. The minimum atomic E-state index is -0.195. The van der Waals surface area contributed by atoms with Gasteiger partial charge in [-0.15, -0.1) is 0 Å². The first-order valence-electron chi connectivity index (χ1n) is 6.28. The molecule has 1 amide bonds. The monoisotopic (exact) mass is 311 g/mol. The van der Waals surface area contributed by atoms with Crippen molar-refractivity contribution in [2.24, 2.45) is 11.8 Å². The summed E-state index contributed by atoms with van der Waals surface area (Å²) in [4.78, 5) is 12.1. The van der Waals surface area contributed by atoms with Crippen LogP contribution in [-0.4, -0.2) is 17.1 Å². The molecule has 0 aliphatic heterocycles. The highest BCUT2D eigenvalue weighted by molar-refractivity contribution is 9.10. The van der Waals surface area contributed by atoms with Crippen LogP contribution in [0.2, 0.25) is 0 Å². The van der Waals surface area contributed by atoms with Crippen LogP contribution in [0.5, 0.6) is 5.75 Å². The molecule has 1 aliphatic carbocycles. The Morgan fingerprint density at radius 1 is 1.39 bits per heavy atom. The predicted molar refractivity (Wildman–Crippen MR) is 74.6 cm³/mol. The van der Waals surface area contributed by atoms with Crippen molar-refractivity contribution in [3.8, 4) is 5.75 Å². The van der Waals surface area contributed by atoms with E-state index >= 15 is 0 Å². The highest BCUT2D eigenvalue weighted by Crippen LogP contribution is 2.31. The number of hydrogen-bond acceptors (Lipinski definition) is 2. The number of phenolic OH excluding ortho intramolecular Hbond substituents is 1. The highest BCUT2D eigenvalue weighted by atomic mass is 79.9. The molecule has 0 bridgehead atoms. The Morgan fingerprint density at radius 3 is 2.72 bits per heavy atom. The number of carbonyl (C=O) groups is 1. The number of aromatic hydroxyl groups is 1. The van der Waals surface area contributed by atoms with Gasteiger partial charge in [-0.05, 0) is 42.9 Å². The van der Waals surface area contributed by atoms with Gasteiger partial charge in [0.05, 0.1) is 5.56 Å². The van der Waals surface area contributed by atoms with Crippen molar-refractivity contribution in [2.75, 3.05) is 0 Å². The zero-order valence-electron chi connectivity index (χ0n) is 10.6. The first-order valence-corrected chi connectivity index (χ1v) is 7.07. The molecule has 2 N–H and O–H groups in total. The largest absolute Gasteiger partial charge is 0.507 e. The van der Waals surface area contributed by atoms with E-state index in [0.717, 1.165) is 17.3 Å². The van der Waals surface area contributed by atoms with Gasteiger partial charge in [0.15, 0.2) is 0 Å². The van der Waals surface area contributed by atoms with Gasteiger partial charge in [0.1, 0.15) is 5.75 Å². The van der Waals surface area contributed by atoms with Crippen LogP contribution in [0.1, 0.15) is 37.0 Å². The minimum Gasteiger partial charge on any atom is -0.507 e. The molecule has 0 radical (unpaired) electrons. The summed E-state index contributed by atoms with van der Waals surface area (Å²) >= 11 is 3.31. The molecule has 0 aromatic heterocycles. The summed E-state index contributed by atoms with van der Waals surface area (Å²) in [5.74, 6) is 0.962. The molecule has 3 nitrogen and oxygen atoms in total. The topological polar surface area (TPSA) is 49.3 Å². The summed E-state index contributed by atoms with van der Waals surface area (Å²) in [6.45, 7) is 4.39. The summed E-state index contributed by atoms with van der Waals surface area (Å²) in [7, 11) is 0. The van der Waals surface area contributed by atoms with Crippen molar-refractivity contribution >= 4 is 21.8 Å². The molecule has 98 valence electrons. The number of phenols is 1. The molecule has 1 fully saturated rings. The molecule has 1 aromatic rings. The molecule has 1 aliphatic rings. The van der Waals surface area contributed by atoms with Gasteiger partial charge in [0.25, 0.3) is 5.91 Å². The predicted octanol–water partition coefficient (Wildman–Crippen LogP) is 3.32. The van der Waals surface area contributed by atoms with Crippen LogP contribution in [0, 0.1) is 11.8 Å². The van der Waals surface area contributed by atoms with Crippen molar-refractivity contribution in [3.05, 3.63) is 28.2 Å². The number of carbonyl (C=O) groups excluding carboxylic acids is 1. The van der Waals surface area contributed by atoms with Crippen LogP contribution >= 0.6 is 15.9 Å². The molecule has 0 saturated heterocycles. The average molecular weight is 312 g/mol. The van der Waals surface area contributed by atoms with E-state index in [-0.39, 0.29) is 17.7 Å². The normalized spacial score (nSPS) is 27.2. The van der Waals surface area contributed by atoms with Crippen LogP contribution in [0.25, 0.3) is 0 Å². The van der Waals surface area contributed by atoms with E-state index in [0.29, 0.717) is 17.4 Å². The van der Waals surface area contributed by atoms with Crippen molar-refractivity contribution in [3.63, 3.8) is 0 Å². The molecule has 0 heterocycles. The number of benzene rings is 1. The number of rotatable bonds is 2.